The zero-order valence-corrected chi connectivity index (χ0v) is 15.5. The number of rotatable bonds is 6. The van der Waals surface area contributed by atoms with E-state index in [4.69, 9.17) is 0 Å². The number of hydrogen-bond acceptors (Lipinski definition) is 5. The summed E-state index contributed by atoms with van der Waals surface area (Å²) in [5.41, 5.74) is 0. The van der Waals surface area contributed by atoms with Gasteiger partial charge < -0.3 is 4.90 Å². The lowest BCUT2D eigenvalue weighted by Crippen LogP contribution is -2.54. The van der Waals surface area contributed by atoms with Gasteiger partial charge >= 0.3 is 0 Å². The van der Waals surface area contributed by atoms with Crippen LogP contribution in [0, 0.1) is 17.2 Å². The molecule has 23 heavy (non-hydrogen) atoms. The molecule has 2 rings (SSSR count). The lowest BCUT2D eigenvalue weighted by Gasteiger charge is -2.38. The second-order valence-electron chi connectivity index (χ2n) is 6.96. The van der Waals surface area contributed by atoms with Crippen molar-refractivity contribution in [3.63, 3.8) is 0 Å². The largest absolute Gasteiger partial charge is 0.339 e. The van der Waals surface area contributed by atoms with Gasteiger partial charge in [-0.15, -0.1) is 0 Å². The van der Waals surface area contributed by atoms with Crippen molar-refractivity contribution >= 4 is 17.7 Å². The summed E-state index contributed by atoms with van der Waals surface area (Å²) in [4.78, 5) is 19.1. The van der Waals surface area contributed by atoms with Crippen molar-refractivity contribution in [3.05, 3.63) is 0 Å². The highest BCUT2D eigenvalue weighted by Gasteiger charge is 2.30. The van der Waals surface area contributed by atoms with E-state index in [-0.39, 0.29) is 11.9 Å². The summed E-state index contributed by atoms with van der Waals surface area (Å²) in [6.07, 6.45) is 4.57. The number of nitriles is 1. The molecule has 5 nitrogen and oxygen atoms in total. The topological polar surface area (TPSA) is 50.6 Å². The monoisotopic (exact) mass is 338 g/mol. The molecular formula is C17H30N4OS. The molecule has 1 amide bonds. The zero-order chi connectivity index (χ0) is 16.8. The number of likely N-dealkylation sites (tertiary alicyclic amines) is 1. The van der Waals surface area contributed by atoms with Crippen LogP contribution in [0.5, 0.6) is 0 Å². The number of nitrogens with zero attached hydrogens (tertiary/aromatic N) is 4. The number of thioether (sulfide) groups is 1. The van der Waals surface area contributed by atoms with Crippen molar-refractivity contribution in [3.8, 4) is 6.07 Å². The fourth-order valence-electron chi connectivity index (χ4n) is 3.66. The molecule has 0 aromatic carbocycles. The van der Waals surface area contributed by atoms with Gasteiger partial charge in [-0.3, -0.25) is 14.6 Å². The summed E-state index contributed by atoms with van der Waals surface area (Å²) < 4.78 is 0. The summed E-state index contributed by atoms with van der Waals surface area (Å²) in [6.45, 7) is 8.94. The smallest absolute Gasteiger partial charge is 0.236 e. The van der Waals surface area contributed by atoms with Crippen LogP contribution < -0.4 is 0 Å². The molecule has 0 aliphatic carbocycles. The average Bonchev–Trinajstić information content (AvgIpc) is 2.96. The predicted molar refractivity (Wildman–Crippen MR) is 95.4 cm³/mol. The third-order valence-electron chi connectivity index (χ3n) is 5.02. The molecule has 0 aromatic rings. The Morgan fingerprint density at radius 3 is 2.52 bits per heavy atom. The zero-order valence-electron chi connectivity index (χ0n) is 14.7. The Morgan fingerprint density at radius 1 is 1.26 bits per heavy atom. The molecule has 0 spiro atoms. The SMILES string of the molecule is CSCC1CCCN1CC(=O)N1CCN(C(C#N)C(C)C)CC1. The van der Waals surface area contributed by atoms with Crippen molar-refractivity contribution in [2.75, 3.05) is 51.3 Å². The van der Waals surface area contributed by atoms with Gasteiger partial charge in [0, 0.05) is 38.0 Å². The van der Waals surface area contributed by atoms with E-state index in [1.807, 2.05) is 16.7 Å². The highest BCUT2D eigenvalue weighted by atomic mass is 32.2. The Kier molecular flexibility index (Phi) is 7.19. The molecule has 2 atom stereocenters. The molecule has 0 bridgehead atoms. The van der Waals surface area contributed by atoms with Crippen LogP contribution in [0.1, 0.15) is 26.7 Å². The van der Waals surface area contributed by atoms with Crippen LogP contribution in [0.4, 0.5) is 0 Å². The van der Waals surface area contributed by atoms with Crippen LogP contribution in [0.15, 0.2) is 0 Å². The standard InChI is InChI=1S/C17H30N4OS/c1-14(2)16(11-18)19-7-9-20(10-8-19)17(22)12-21-6-4-5-15(21)13-23-3/h14-16H,4-10,12-13H2,1-3H3. The molecule has 0 radical (unpaired) electrons. The molecule has 2 aliphatic rings. The maximum atomic E-state index is 12.6. The highest BCUT2D eigenvalue weighted by molar-refractivity contribution is 7.98. The lowest BCUT2D eigenvalue weighted by atomic mass is 10.0. The van der Waals surface area contributed by atoms with Crippen molar-refractivity contribution in [1.29, 1.82) is 5.26 Å². The number of amides is 1. The van der Waals surface area contributed by atoms with Crippen molar-refractivity contribution in [2.45, 2.75) is 38.8 Å². The molecule has 130 valence electrons. The first kappa shape index (κ1) is 18.6. The van der Waals surface area contributed by atoms with Gasteiger partial charge in [0.15, 0.2) is 0 Å². The van der Waals surface area contributed by atoms with E-state index in [0.717, 1.165) is 38.5 Å². The van der Waals surface area contributed by atoms with E-state index < -0.39 is 0 Å². The quantitative estimate of drug-likeness (QED) is 0.735. The summed E-state index contributed by atoms with van der Waals surface area (Å²) in [5, 5.41) is 9.31. The Hall–Kier alpha value is -0.770. The average molecular weight is 339 g/mol. The van der Waals surface area contributed by atoms with Gasteiger partial charge in [-0.1, -0.05) is 13.8 Å². The van der Waals surface area contributed by atoms with Gasteiger partial charge in [0.1, 0.15) is 6.04 Å². The number of hydrogen-bond donors (Lipinski definition) is 0. The first-order chi connectivity index (χ1) is 11.1. The van der Waals surface area contributed by atoms with Gasteiger partial charge in [-0.25, -0.2) is 0 Å². The highest BCUT2D eigenvalue weighted by Crippen LogP contribution is 2.20. The van der Waals surface area contributed by atoms with E-state index in [1.165, 1.54) is 12.8 Å². The minimum atomic E-state index is -0.0307. The molecule has 0 N–H and O–H groups in total. The van der Waals surface area contributed by atoms with E-state index in [1.54, 1.807) is 0 Å². The Bertz CT molecular complexity index is 429. The Morgan fingerprint density at radius 2 is 1.96 bits per heavy atom. The molecule has 0 saturated carbocycles. The normalized spacial score (nSPS) is 24.8. The van der Waals surface area contributed by atoms with Gasteiger partial charge in [0.05, 0.1) is 12.6 Å². The third-order valence-corrected chi connectivity index (χ3v) is 5.74. The molecule has 2 aliphatic heterocycles. The summed E-state index contributed by atoms with van der Waals surface area (Å²) in [7, 11) is 0. The number of carbonyl (C=O) groups excluding carboxylic acids is 1. The van der Waals surface area contributed by atoms with Crippen LogP contribution in [0.25, 0.3) is 0 Å². The van der Waals surface area contributed by atoms with E-state index in [0.29, 0.717) is 18.5 Å². The van der Waals surface area contributed by atoms with E-state index in [2.05, 4.69) is 36.0 Å². The molecule has 6 heteroatoms. The second-order valence-corrected chi connectivity index (χ2v) is 7.87. The third kappa shape index (κ3) is 4.85. The number of carbonyl (C=O) groups is 1. The molecule has 2 fully saturated rings. The fraction of sp³-hybridized carbons (Fsp3) is 0.882. The van der Waals surface area contributed by atoms with Crippen molar-refractivity contribution in [2.24, 2.45) is 5.92 Å². The number of piperazine rings is 1. The van der Waals surface area contributed by atoms with Crippen molar-refractivity contribution in [1.82, 2.24) is 14.7 Å². The summed E-state index contributed by atoms with van der Waals surface area (Å²) in [6, 6.07) is 2.94. The second kappa shape index (κ2) is 8.91. The molecule has 2 saturated heterocycles. The summed E-state index contributed by atoms with van der Waals surface area (Å²) >= 11 is 1.87. The minimum Gasteiger partial charge on any atom is -0.339 e. The van der Waals surface area contributed by atoms with Crippen LogP contribution in [-0.4, -0.2) is 84.0 Å². The summed E-state index contributed by atoms with van der Waals surface area (Å²) in [5.74, 6) is 1.72. The van der Waals surface area contributed by atoms with Crippen LogP contribution in [0.3, 0.4) is 0 Å². The van der Waals surface area contributed by atoms with Gasteiger partial charge in [-0.05, 0) is 31.6 Å². The van der Waals surface area contributed by atoms with Crippen LogP contribution in [-0.2, 0) is 4.79 Å². The van der Waals surface area contributed by atoms with Gasteiger partial charge in [0.2, 0.25) is 5.91 Å². The first-order valence-corrected chi connectivity index (χ1v) is 10.1. The molecule has 2 heterocycles. The van der Waals surface area contributed by atoms with Crippen LogP contribution in [0.2, 0.25) is 0 Å². The Balaban J connectivity index is 1.81. The molecule has 2 unspecified atom stereocenters. The molecular weight excluding hydrogens is 308 g/mol. The maximum Gasteiger partial charge on any atom is 0.236 e. The predicted octanol–water partition coefficient (Wildman–Crippen LogP) is 1.51. The lowest BCUT2D eigenvalue weighted by molar-refractivity contribution is -0.134. The van der Waals surface area contributed by atoms with Crippen molar-refractivity contribution < 1.29 is 4.79 Å². The Labute approximate surface area is 145 Å². The van der Waals surface area contributed by atoms with Crippen LogP contribution >= 0.6 is 11.8 Å². The first-order valence-electron chi connectivity index (χ1n) is 8.71. The fourth-order valence-corrected chi connectivity index (χ4v) is 4.42. The van der Waals surface area contributed by atoms with Gasteiger partial charge in [0.25, 0.3) is 0 Å². The minimum absolute atomic E-state index is 0.0307. The maximum absolute atomic E-state index is 12.6. The van der Waals surface area contributed by atoms with Gasteiger partial charge in [-0.2, -0.15) is 17.0 Å². The van der Waals surface area contributed by atoms with E-state index in [9.17, 15) is 10.1 Å². The van der Waals surface area contributed by atoms with E-state index >= 15 is 0 Å². The molecule has 0 aromatic heterocycles.